The molecule has 118 valence electrons. The van der Waals surface area contributed by atoms with E-state index in [9.17, 15) is 4.79 Å². The minimum Gasteiger partial charge on any atom is -0.493 e. The molecule has 1 aliphatic heterocycles. The van der Waals surface area contributed by atoms with E-state index in [1.165, 1.54) is 0 Å². The highest BCUT2D eigenvalue weighted by atomic mass is 16.5. The van der Waals surface area contributed by atoms with E-state index in [0.717, 1.165) is 47.5 Å². The van der Waals surface area contributed by atoms with Gasteiger partial charge in [-0.3, -0.25) is 0 Å². The highest BCUT2D eigenvalue weighted by Gasteiger charge is 2.23. The number of ether oxygens (including phenoxy) is 1. The minimum absolute atomic E-state index is 0.151. The first-order valence-electron chi connectivity index (χ1n) is 7.82. The van der Waals surface area contributed by atoms with Crippen LogP contribution in [0.3, 0.4) is 0 Å². The van der Waals surface area contributed by atoms with E-state index in [0.29, 0.717) is 12.6 Å². The van der Waals surface area contributed by atoms with Crippen molar-refractivity contribution in [3.8, 4) is 5.75 Å². The van der Waals surface area contributed by atoms with Crippen LogP contribution in [0.15, 0.2) is 30.7 Å². The second-order valence-corrected chi connectivity index (χ2v) is 5.85. The number of aromatic amines is 1. The maximum Gasteiger partial charge on any atom is 0.319 e. The fourth-order valence-electron chi connectivity index (χ4n) is 2.65. The number of nitrogens with one attached hydrogen (secondary N) is 3. The monoisotopic (exact) mass is 310 g/mol. The normalized spacial score (nSPS) is 18.2. The van der Waals surface area contributed by atoms with E-state index in [1.54, 1.807) is 6.33 Å². The first kappa shape index (κ1) is 13.9. The van der Waals surface area contributed by atoms with Gasteiger partial charge >= 0.3 is 6.03 Å². The van der Waals surface area contributed by atoms with Gasteiger partial charge in [0.25, 0.3) is 0 Å². The Labute approximate surface area is 134 Å². The molecular weight excluding hydrogens is 292 g/mol. The number of imidazole rings is 1. The largest absolute Gasteiger partial charge is 0.493 e. The molecule has 1 saturated carbocycles. The molecule has 3 N–H and O–H groups in total. The van der Waals surface area contributed by atoms with Crippen LogP contribution in [0.4, 0.5) is 10.5 Å². The minimum atomic E-state index is -0.151. The molecule has 4 rings (SSSR count). The van der Waals surface area contributed by atoms with Gasteiger partial charge in [-0.2, -0.15) is 0 Å². The molecule has 1 aromatic heterocycles. The molecule has 1 aliphatic carbocycles. The Kier molecular flexibility index (Phi) is 3.49. The second kappa shape index (κ2) is 5.79. The number of urea groups is 1. The van der Waals surface area contributed by atoms with Crippen LogP contribution >= 0.6 is 0 Å². The fraction of sp³-hybridized carbons (Fsp3) is 0.294. The van der Waals surface area contributed by atoms with Gasteiger partial charge in [-0.1, -0.05) is 0 Å². The Morgan fingerprint density at radius 1 is 1.39 bits per heavy atom. The summed E-state index contributed by atoms with van der Waals surface area (Å²) in [6, 6.07) is 5.91. The van der Waals surface area contributed by atoms with Crippen molar-refractivity contribution < 1.29 is 9.53 Å². The lowest BCUT2D eigenvalue weighted by molar-refractivity contribution is 0.251. The summed E-state index contributed by atoms with van der Waals surface area (Å²) in [7, 11) is 0. The van der Waals surface area contributed by atoms with Gasteiger partial charge < -0.3 is 20.4 Å². The quantitative estimate of drug-likeness (QED) is 0.815. The molecule has 0 atom stereocenters. The van der Waals surface area contributed by atoms with Crippen molar-refractivity contribution in [2.75, 3.05) is 11.9 Å². The molecule has 2 amide bonds. The van der Waals surface area contributed by atoms with Crippen molar-refractivity contribution in [2.24, 2.45) is 0 Å². The smallest absolute Gasteiger partial charge is 0.319 e. The molecule has 6 nitrogen and oxygen atoms in total. The number of amides is 2. The first-order chi connectivity index (χ1) is 11.3. The van der Waals surface area contributed by atoms with Gasteiger partial charge in [0, 0.05) is 29.9 Å². The lowest BCUT2D eigenvalue weighted by Crippen LogP contribution is -2.30. The Bertz CT molecular complexity index is 748. The highest BCUT2D eigenvalue weighted by Crippen LogP contribution is 2.35. The van der Waals surface area contributed by atoms with Gasteiger partial charge in [-0.15, -0.1) is 0 Å². The predicted molar refractivity (Wildman–Crippen MR) is 88.2 cm³/mol. The van der Waals surface area contributed by atoms with Crippen molar-refractivity contribution in [3.63, 3.8) is 0 Å². The van der Waals surface area contributed by atoms with Gasteiger partial charge in [0.1, 0.15) is 5.75 Å². The molecule has 0 unspecified atom stereocenters. The number of carbonyl (C=O) groups is 1. The van der Waals surface area contributed by atoms with Crippen LogP contribution in [0.5, 0.6) is 5.75 Å². The number of anilines is 1. The van der Waals surface area contributed by atoms with Gasteiger partial charge in [-0.05, 0) is 42.7 Å². The lowest BCUT2D eigenvalue weighted by Gasteiger charge is -2.21. The zero-order chi connectivity index (χ0) is 15.6. The molecule has 0 bridgehead atoms. The van der Waals surface area contributed by atoms with Crippen LogP contribution in [0.2, 0.25) is 0 Å². The maximum atomic E-state index is 11.9. The number of rotatable bonds is 3. The Morgan fingerprint density at radius 2 is 2.30 bits per heavy atom. The molecule has 1 aromatic carbocycles. The highest BCUT2D eigenvalue weighted by molar-refractivity contribution is 5.92. The van der Waals surface area contributed by atoms with Crippen molar-refractivity contribution in [3.05, 3.63) is 42.0 Å². The van der Waals surface area contributed by atoms with Gasteiger partial charge in [0.15, 0.2) is 0 Å². The van der Waals surface area contributed by atoms with E-state index in [4.69, 9.17) is 4.74 Å². The van der Waals surface area contributed by atoms with Crippen LogP contribution in [0, 0.1) is 0 Å². The molecule has 1 fully saturated rings. The summed E-state index contributed by atoms with van der Waals surface area (Å²) in [5.74, 6) is 0.839. The number of hydrogen-bond acceptors (Lipinski definition) is 3. The van der Waals surface area contributed by atoms with Gasteiger partial charge in [-0.25, -0.2) is 9.78 Å². The topological polar surface area (TPSA) is 79.0 Å². The number of fused-ring (bicyclic) bond motifs is 1. The number of carbonyl (C=O) groups excluding carboxylic acids is 1. The summed E-state index contributed by atoms with van der Waals surface area (Å²) >= 11 is 0. The van der Waals surface area contributed by atoms with Crippen LogP contribution < -0.4 is 15.4 Å². The number of H-pyrrole nitrogens is 1. The van der Waals surface area contributed by atoms with Crippen LogP contribution in [-0.2, 0) is 0 Å². The molecule has 23 heavy (non-hydrogen) atoms. The Balaban J connectivity index is 1.58. The molecule has 0 saturated heterocycles. The Morgan fingerprint density at radius 3 is 3.09 bits per heavy atom. The molecule has 2 aromatic rings. The fourth-order valence-corrected chi connectivity index (χ4v) is 2.65. The summed E-state index contributed by atoms with van der Waals surface area (Å²) < 4.78 is 5.71. The Hall–Kier alpha value is -2.76. The zero-order valence-electron chi connectivity index (χ0n) is 12.6. The number of benzene rings is 1. The average Bonchev–Trinajstić information content (AvgIpc) is 3.20. The van der Waals surface area contributed by atoms with Crippen molar-refractivity contribution in [1.82, 2.24) is 15.3 Å². The van der Waals surface area contributed by atoms with Gasteiger partial charge in [0.2, 0.25) is 0 Å². The van der Waals surface area contributed by atoms with E-state index in [-0.39, 0.29) is 6.03 Å². The SMILES string of the molecule is O=C(Nc1ccc2c(c1)/C(=C/c1c[nH]cn1)CCO2)NC1CC1. The summed E-state index contributed by atoms with van der Waals surface area (Å²) in [5.41, 5.74) is 3.81. The average molecular weight is 310 g/mol. The number of nitrogens with zero attached hydrogens (tertiary/aromatic N) is 1. The van der Waals surface area contributed by atoms with E-state index in [2.05, 4.69) is 20.6 Å². The molecular formula is C17H18N4O2. The third-order valence-corrected chi connectivity index (χ3v) is 3.97. The van der Waals surface area contributed by atoms with Crippen LogP contribution in [0.25, 0.3) is 11.6 Å². The first-order valence-corrected chi connectivity index (χ1v) is 7.82. The van der Waals surface area contributed by atoms with Crippen molar-refractivity contribution in [2.45, 2.75) is 25.3 Å². The van der Waals surface area contributed by atoms with Crippen molar-refractivity contribution >= 4 is 23.4 Å². The molecule has 0 spiro atoms. The third-order valence-electron chi connectivity index (χ3n) is 3.97. The van der Waals surface area contributed by atoms with Crippen LogP contribution in [0.1, 0.15) is 30.5 Å². The maximum absolute atomic E-state index is 11.9. The summed E-state index contributed by atoms with van der Waals surface area (Å²) in [5, 5.41) is 5.81. The second-order valence-electron chi connectivity index (χ2n) is 5.85. The van der Waals surface area contributed by atoms with Crippen molar-refractivity contribution in [1.29, 1.82) is 0 Å². The van der Waals surface area contributed by atoms with Crippen LogP contribution in [-0.4, -0.2) is 28.6 Å². The number of hydrogen-bond donors (Lipinski definition) is 3. The molecule has 2 heterocycles. The molecule has 0 radical (unpaired) electrons. The molecule has 2 aliphatic rings. The summed E-state index contributed by atoms with van der Waals surface area (Å²) in [4.78, 5) is 19.1. The van der Waals surface area contributed by atoms with E-state index >= 15 is 0 Å². The lowest BCUT2D eigenvalue weighted by atomic mass is 9.98. The standard InChI is InChI=1S/C17H18N4O2/c22-17(20-12-1-2-12)21-13-3-4-16-15(8-13)11(5-6-23-16)7-14-9-18-10-19-14/h3-4,7-10,12H,1-2,5-6H2,(H,18,19)(H2,20,21,22)/b11-7+. The van der Waals surface area contributed by atoms with E-state index < -0.39 is 0 Å². The summed E-state index contributed by atoms with van der Waals surface area (Å²) in [6.45, 7) is 0.651. The predicted octanol–water partition coefficient (Wildman–Crippen LogP) is 3.02. The third kappa shape index (κ3) is 3.21. The zero-order valence-corrected chi connectivity index (χ0v) is 12.6. The van der Waals surface area contributed by atoms with E-state index in [1.807, 2.05) is 30.5 Å². The number of aromatic nitrogens is 2. The molecule has 6 heteroatoms. The summed E-state index contributed by atoms with van der Waals surface area (Å²) in [6.07, 6.45) is 8.52. The van der Waals surface area contributed by atoms with Gasteiger partial charge in [0.05, 0.1) is 18.6 Å².